The van der Waals surface area contributed by atoms with Gasteiger partial charge in [0.2, 0.25) is 0 Å². The zero-order valence-corrected chi connectivity index (χ0v) is 11.7. The minimum Gasteiger partial charge on any atom is -0.496 e. The Morgan fingerprint density at radius 1 is 1.47 bits per heavy atom. The van der Waals surface area contributed by atoms with Gasteiger partial charge in [0, 0.05) is 5.54 Å². The van der Waals surface area contributed by atoms with E-state index in [4.69, 9.17) is 4.74 Å². The molecule has 0 bridgehead atoms. The Bertz CT molecular complexity index is 485. The number of ketones is 1. The molecular formula is C15H20FNO2. The molecule has 0 aliphatic carbocycles. The number of likely N-dealkylation sites (tertiary alicyclic amines) is 1. The first kappa shape index (κ1) is 14.0. The first-order valence-corrected chi connectivity index (χ1v) is 6.56. The highest BCUT2D eigenvalue weighted by Crippen LogP contribution is 2.29. The van der Waals surface area contributed by atoms with Gasteiger partial charge in [-0.25, -0.2) is 4.39 Å². The molecule has 3 nitrogen and oxygen atoms in total. The van der Waals surface area contributed by atoms with E-state index in [0.717, 1.165) is 19.4 Å². The van der Waals surface area contributed by atoms with Crippen molar-refractivity contribution in [1.82, 2.24) is 4.90 Å². The third kappa shape index (κ3) is 2.95. The number of hydrogen-bond acceptors (Lipinski definition) is 3. The lowest BCUT2D eigenvalue weighted by Gasteiger charge is -2.30. The van der Waals surface area contributed by atoms with Crippen LogP contribution in [-0.2, 0) is 0 Å². The molecule has 2 rings (SSSR count). The Labute approximate surface area is 113 Å². The van der Waals surface area contributed by atoms with Gasteiger partial charge in [0.25, 0.3) is 0 Å². The predicted molar refractivity (Wildman–Crippen MR) is 72.2 cm³/mol. The van der Waals surface area contributed by atoms with Crippen molar-refractivity contribution in [1.29, 1.82) is 0 Å². The first-order valence-electron chi connectivity index (χ1n) is 6.56. The summed E-state index contributed by atoms with van der Waals surface area (Å²) in [6, 6.07) is 4.05. The van der Waals surface area contributed by atoms with Gasteiger partial charge in [-0.3, -0.25) is 9.69 Å². The van der Waals surface area contributed by atoms with Crippen molar-refractivity contribution in [2.24, 2.45) is 0 Å². The standard InChI is InChI=1S/C15H20FNO2/c1-15(2)7-4-8-17(15)10-13(18)12-9-11(16)5-6-14(12)19-3/h5-6,9H,4,7-8,10H2,1-3H3. The van der Waals surface area contributed by atoms with Crippen LogP contribution in [0.25, 0.3) is 0 Å². The number of carbonyl (C=O) groups excluding carboxylic acids is 1. The van der Waals surface area contributed by atoms with Gasteiger partial charge in [0.05, 0.1) is 19.2 Å². The molecule has 19 heavy (non-hydrogen) atoms. The third-order valence-electron chi connectivity index (χ3n) is 3.87. The number of nitrogens with zero attached hydrogens (tertiary/aromatic N) is 1. The van der Waals surface area contributed by atoms with Gasteiger partial charge in [0.15, 0.2) is 5.78 Å². The van der Waals surface area contributed by atoms with Crippen LogP contribution in [0.2, 0.25) is 0 Å². The van der Waals surface area contributed by atoms with Gasteiger partial charge in [0.1, 0.15) is 11.6 Å². The normalized spacial score (nSPS) is 18.5. The molecule has 1 saturated heterocycles. The molecule has 0 amide bonds. The minimum atomic E-state index is -0.412. The number of methoxy groups -OCH3 is 1. The molecule has 1 aliphatic rings. The van der Waals surface area contributed by atoms with Crippen LogP contribution in [0.3, 0.4) is 0 Å². The molecule has 0 spiro atoms. The molecule has 1 heterocycles. The van der Waals surface area contributed by atoms with Gasteiger partial charge in [-0.1, -0.05) is 0 Å². The maximum absolute atomic E-state index is 13.3. The van der Waals surface area contributed by atoms with Gasteiger partial charge in [-0.15, -0.1) is 0 Å². The van der Waals surface area contributed by atoms with Crippen LogP contribution in [0.4, 0.5) is 4.39 Å². The van der Waals surface area contributed by atoms with Crippen LogP contribution >= 0.6 is 0 Å². The summed E-state index contributed by atoms with van der Waals surface area (Å²) in [5.74, 6) is -0.0699. The van der Waals surface area contributed by atoms with E-state index in [2.05, 4.69) is 18.7 Å². The summed E-state index contributed by atoms with van der Waals surface area (Å²) in [4.78, 5) is 14.5. The van der Waals surface area contributed by atoms with Crippen molar-refractivity contribution in [2.75, 3.05) is 20.2 Å². The van der Waals surface area contributed by atoms with E-state index in [1.165, 1.54) is 25.3 Å². The number of Topliss-reactive ketones (excluding diaryl/α,β-unsaturated/α-hetero) is 1. The molecule has 1 fully saturated rings. The molecule has 4 heteroatoms. The number of benzene rings is 1. The Hall–Kier alpha value is -1.42. The second kappa shape index (κ2) is 5.29. The van der Waals surface area contributed by atoms with Crippen molar-refractivity contribution in [3.63, 3.8) is 0 Å². The van der Waals surface area contributed by atoms with E-state index in [-0.39, 0.29) is 11.3 Å². The van der Waals surface area contributed by atoms with E-state index in [9.17, 15) is 9.18 Å². The average molecular weight is 265 g/mol. The first-order chi connectivity index (χ1) is 8.94. The average Bonchev–Trinajstić information content (AvgIpc) is 2.68. The minimum absolute atomic E-state index is 0.0379. The molecule has 0 aromatic heterocycles. The van der Waals surface area contributed by atoms with Gasteiger partial charge < -0.3 is 4.74 Å². The van der Waals surface area contributed by atoms with Crippen LogP contribution < -0.4 is 4.74 Å². The number of hydrogen-bond donors (Lipinski definition) is 0. The van der Waals surface area contributed by atoms with E-state index >= 15 is 0 Å². The Balaban J connectivity index is 2.18. The zero-order valence-electron chi connectivity index (χ0n) is 11.7. The summed E-state index contributed by atoms with van der Waals surface area (Å²) >= 11 is 0. The fourth-order valence-electron chi connectivity index (χ4n) is 2.61. The maximum atomic E-state index is 13.3. The van der Waals surface area contributed by atoms with E-state index in [0.29, 0.717) is 17.9 Å². The predicted octanol–water partition coefficient (Wildman–Crippen LogP) is 2.89. The van der Waals surface area contributed by atoms with Crippen LogP contribution in [-0.4, -0.2) is 36.4 Å². The van der Waals surface area contributed by atoms with Crippen molar-refractivity contribution < 1.29 is 13.9 Å². The molecule has 1 aromatic rings. The van der Waals surface area contributed by atoms with Crippen LogP contribution in [0.5, 0.6) is 5.75 Å². The summed E-state index contributed by atoms with van der Waals surface area (Å²) in [6.45, 7) is 5.50. The summed E-state index contributed by atoms with van der Waals surface area (Å²) in [7, 11) is 1.49. The zero-order chi connectivity index (χ0) is 14.0. The van der Waals surface area contributed by atoms with E-state index < -0.39 is 5.82 Å². The third-order valence-corrected chi connectivity index (χ3v) is 3.87. The topological polar surface area (TPSA) is 29.5 Å². The van der Waals surface area contributed by atoms with Crippen LogP contribution in [0, 0.1) is 5.82 Å². The molecule has 104 valence electrons. The van der Waals surface area contributed by atoms with Crippen molar-refractivity contribution in [3.8, 4) is 5.75 Å². The lowest BCUT2D eigenvalue weighted by Crippen LogP contribution is -2.41. The lowest BCUT2D eigenvalue weighted by molar-refractivity contribution is 0.0868. The number of halogens is 1. The molecule has 0 N–H and O–H groups in total. The monoisotopic (exact) mass is 265 g/mol. The molecule has 0 radical (unpaired) electrons. The van der Waals surface area contributed by atoms with Crippen LogP contribution in [0.1, 0.15) is 37.0 Å². The number of carbonyl (C=O) groups is 1. The Morgan fingerprint density at radius 2 is 2.21 bits per heavy atom. The highest BCUT2D eigenvalue weighted by molar-refractivity contribution is 6.00. The fourth-order valence-corrected chi connectivity index (χ4v) is 2.61. The largest absolute Gasteiger partial charge is 0.496 e. The Kier molecular flexibility index (Phi) is 3.90. The smallest absolute Gasteiger partial charge is 0.180 e. The number of rotatable bonds is 4. The maximum Gasteiger partial charge on any atom is 0.180 e. The van der Waals surface area contributed by atoms with Gasteiger partial charge in [-0.2, -0.15) is 0 Å². The fraction of sp³-hybridized carbons (Fsp3) is 0.533. The summed E-state index contributed by atoms with van der Waals surface area (Å²) in [5, 5.41) is 0. The molecule has 1 aromatic carbocycles. The molecule has 0 saturated carbocycles. The van der Waals surface area contributed by atoms with Crippen molar-refractivity contribution in [3.05, 3.63) is 29.6 Å². The number of ether oxygens (including phenoxy) is 1. The van der Waals surface area contributed by atoms with Gasteiger partial charge in [-0.05, 0) is 51.4 Å². The quantitative estimate of drug-likeness (QED) is 0.784. The summed E-state index contributed by atoms with van der Waals surface area (Å²) in [6.07, 6.45) is 2.18. The van der Waals surface area contributed by atoms with Crippen molar-refractivity contribution >= 4 is 5.78 Å². The Morgan fingerprint density at radius 3 is 2.79 bits per heavy atom. The molecular weight excluding hydrogens is 245 g/mol. The SMILES string of the molecule is COc1ccc(F)cc1C(=O)CN1CCCC1(C)C. The highest BCUT2D eigenvalue weighted by Gasteiger charge is 2.33. The summed E-state index contributed by atoms with van der Waals surface area (Å²) < 4.78 is 18.4. The van der Waals surface area contributed by atoms with E-state index in [1.807, 2.05) is 0 Å². The highest BCUT2D eigenvalue weighted by atomic mass is 19.1. The molecule has 0 atom stereocenters. The summed E-state index contributed by atoms with van der Waals surface area (Å²) in [5.41, 5.74) is 0.362. The van der Waals surface area contributed by atoms with Crippen molar-refractivity contribution in [2.45, 2.75) is 32.2 Å². The molecule has 0 unspecified atom stereocenters. The molecule has 1 aliphatic heterocycles. The van der Waals surface area contributed by atoms with E-state index in [1.54, 1.807) is 0 Å². The second-order valence-electron chi connectivity index (χ2n) is 5.61. The van der Waals surface area contributed by atoms with Gasteiger partial charge >= 0.3 is 0 Å². The second-order valence-corrected chi connectivity index (χ2v) is 5.61. The lowest BCUT2D eigenvalue weighted by atomic mass is 10.0. The van der Waals surface area contributed by atoms with Crippen LogP contribution in [0.15, 0.2) is 18.2 Å².